The summed E-state index contributed by atoms with van der Waals surface area (Å²) >= 11 is 0. The van der Waals surface area contributed by atoms with Crippen LogP contribution in [0.3, 0.4) is 0 Å². The molecule has 3 aromatic rings. The van der Waals surface area contributed by atoms with E-state index in [1.165, 1.54) is 18.8 Å². The highest BCUT2D eigenvalue weighted by molar-refractivity contribution is 5.89. The molecule has 1 aromatic heterocycles. The van der Waals surface area contributed by atoms with Crippen LogP contribution in [0.4, 0.5) is 34.4 Å². The van der Waals surface area contributed by atoms with E-state index in [1.807, 2.05) is 24.3 Å². The Hall–Kier alpha value is -4.01. The number of nitrogens with zero attached hydrogens (tertiary/aromatic N) is 3. The third-order valence-electron chi connectivity index (χ3n) is 4.51. The molecule has 0 aliphatic rings. The zero-order valence-electron chi connectivity index (χ0n) is 17.4. The van der Waals surface area contributed by atoms with Crippen molar-refractivity contribution in [2.45, 2.75) is 33.1 Å². The van der Waals surface area contributed by atoms with Gasteiger partial charge in [-0.05, 0) is 54.8 Å². The standard InChI is InChI=1S/C22H24N6O3/c1-3-4-5-16-6-8-18(9-7-16)26-21-20(28(30)31)22(24-14-23-21)27-19-12-10-17(11-13-19)25-15(2)29/h6-14H,3-5H2,1-2H3,(H,25,29)(H2,23,24,26,27). The minimum atomic E-state index is -0.522. The van der Waals surface area contributed by atoms with Crippen molar-refractivity contribution in [3.63, 3.8) is 0 Å². The number of carbonyl (C=O) groups excluding carboxylic acids is 1. The molecule has 0 radical (unpaired) electrons. The average molecular weight is 420 g/mol. The first kappa shape index (κ1) is 21.7. The average Bonchev–Trinajstić information content (AvgIpc) is 2.74. The molecule has 1 amide bonds. The smallest absolute Gasteiger partial charge is 0.334 e. The molecule has 3 rings (SSSR count). The summed E-state index contributed by atoms with van der Waals surface area (Å²) in [6, 6.07) is 14.5. The Morgan fingerprint density at radius 2 is 1.45 bits per heavy atom. The van der Waals surface area contributed by atoms with Gasteiger partial charge >= 0.3 is 5.69 Å². The minimum Gasteiger partial charge on any atom is -0.334 e. The van der Waals surface area contributed by atoms with Gasteiger partial charge in [-0.2, -0.15) is 0 Å². The lowest BCUT2D eigenvalue weighted by Gasteiger charge is -2.11. The highest BCUT2D eigenvalue weighted by Gasteiger charge is 2.23. The molecule has 31 heavy (non-hydrogen) atoms. The lowest BCUT2D eigenvalue weighted by molar-refractivity contribution is -0.383. The summed E-state index contributed by atoms with van der Waals surface area (Å²) in [5, 5.41) is 20.4. The van der Waals surface area contributed by atoms with Crippen LogP contribution in [0.25, 0.3) is 0 Å². The van der Waals surface area contributed by atoms with Crippen molar-refractivity contribution < 1.29 is 9.72 Å². The van der Waals surface area contributed by atoms with Gasteiger partial charge in [-0.1, -0.05) is 25.5 Å². The molecule has 0 spiro atoms. The van der Waals surface area contributed by atoms with Crippen molar-refractivity contribution in [1.82, 2.24) is 9.97 Å². The second-order valence-corrected chi connectivity index (χ2v) is 6.99. The van der Waals surface area contributed by atoms with Gasteiger partial charge in [0.25, 0.3) is 0 Å². The van der Waals surface area contributed by atoms with E-state index in [1.54, 1.807) is 24.3 Å². The highest BCUT2D eigenvalue weighted by Crippen LogP contribution is 2.33. The minimum absolute atomic E-state index is 0.0642. The van der Waals surface area contributed by atoms with Crippen LogP contribution >= 0.6 is 0 Å². The van der Waals surface area contributed by atoms with E-state index < -0.39 is 4.92 Å². The largest absolute Gasteiger partial charge is 0.353 e. The fourth-order valence-electron chi connectivity index (χ4n) is 2.98. The number of anilines is 5. The normalized spacial score (nSPS) is 10.4. The molecule has 0 aliphatic carbocycles. The Morgan fingerprint density at radius 1 is 0.935 bits per heavy atom. The van der Waals surface area contributed by atoms with E-state index >= 15 is 0 Å². The van der Waals surface area contributed by atoms with Gasteiger partial charge in [0.15, 0.2) is 0 Å². The zero-order valence-corrected chi connectivity index (χ0v) is 17.4. The number of nitro groups is 1. The van der Waals surface area contributed by atoms with Gasteiger partial charge in [0.05, 0.1) is 4.92 Å². The zero-order chi connectivity index (χ0) is 22.2. The quantitative estimate of drug-likeness (QED) is 0.322. The molecule has 3 N–H and O–H groups in total. The fraction of sp³-hybridized carbons (Fsp3) is 0.227. The van der Waals surface area contributed by atoms with Gasteiger partial charge in [0, 0.05) is 24.0 Å². The number of rotatable bonds is 9. The molecule has 160 valence electrons. The van der Waals surface area contributed by atoms with Crippen LogP contribution in [0, 0.1) is 10.1 Å². The molecular weight excluding hydrogens is 396 g/mol. The number of amides is 1. The second kappa shape index (κ2) is 10.1. The van der Waals surface area contributed by atoms with Crippen LogP contribution in [0.2, 0.25) is 0 Å². The van der Waals surface area contributed by atoms with E-state index in [9.17, 15) is 14.9 Å². The van der Waals surface area contributed by atoms with Crippen molar-refractivity contribution >= 4 is 40.3 Å². The topological polar surface area (TPSA) is 122 Å². The third kappa shape index (κ3) is 5.99. The first-order valence-electron chi connectivity index (χ1n) is 9.96. The second-order valence-electron chi connectivity index (χ2n) is 6.99. The predicted molar refractivity (Wildman–Crippen MR) is 121 cm³/mol. The highest BCUT2D eigenvalue weighted by atomic mass is 16.6. The summed E-state index contributed by atoms with van der Waals surface area (Å²) in [5.41, 5.74) is 2.87. The number of unbranched alkanes of at least 4 members (excludes halogenated alkanes) is 1. The van der Waals surface area contributed by atoms with E-state index in [4.69, 9.17) is 0 Å². The lowest BCUT2D eigenvalue weighted by atomic mass is 10.1. The number of aryl methyl sites for hydroxylation is 1. The molecule has 1 heterocycles. The molecule has 0 atom stereocenters. The van der Waals surface area contributed by atoms with Crippen molar-refractivity contribution in [2.75, 3.05) is 16.0 Å². The van der Waals surface area contributed by atoms with Crippen molar-refractivity contribution in [3.8, 4) is 0 Å². The Bertz CT molecular complexity index is 1050. The summed E-state index contributed by atoms with van der Waals surface area (Å²) in [6.07, 6.45) is 4.50. The number of nitrogens with one attached hydrogen (secondary N) is 3. The summed E-state index contributed by atoms with van der Waals surface area (Å²) in [4.78, 5) is 30.5. The summed E-state index contributed by atoms with van der Waals surface area (Å²) in [6.45, 7) is 3.57. The molecule has 2 aromatic carbocycles. The molecule has 0 aliphatic heterocycles. The Labute approximate surface area is 180 Å². The summed E-state index contributed by atoms with van der Waals surface area (Å²) < 4.78 is 0. The fourth-order valence-corrected chi connectivity index (χ4v) is 2.98. The van der Waals surface area contributed by atoms with Crippen molar-refractivity contribution in [1.29, 1.82) is 0 Å². The van der Waals surface area contributed by atoms with E-state index in [0.29, 0.717) is 17.1 Å². The number of hydrogen-bond donors (Lipinski definition) is 3. The molecular formula is C22H24N6O3. The Morgan fingerprint density at radius 3 is 1.94 bits per heavy atom. The summed E-state index contributed by atoms with van der Waals surface area (Å²) in [5.74, 6) is -0.0192. The van der Waals surface area contributed by atoms with Gasteiger partial charge in [-0.25, -0.2) is 9.97 Å². The van der Waals surface area contributed by atoms with E-state index in [0.717, 1.165) is 19.3 Å². The first-order valence-corrected chi connectivity index (χ1v) is 9.96. The van der Waals surface area contributed by atoms with Crippen LogP contribution in [0.15, 0.2) is 54.9 Å². The monoisotopic (exact) mass is 420 g/mol. The number of aromatic nitrogens is 2. The van der Waals surface area contributed by atoms with Crippen molar-refractivity contribution in [2.24, 2.45) is 0 Å². The Balaban J connectivity index is 1.80. The molecule has 0 saturated carbocycles. The number of benzene rings is 2. The Kier molecular flexibility index (Phi) is 7.10. The third-order valence-corrected chi connectivity index (χ3v) is 4.51. The first-order chi connectivity index (χ1) is 15.0. The van der Waals surface area contributed by atoms with Gasteiger partial charge in [0.1, 0.15) is 6.33 Å². The van der Waals surface area contributed by atoms with Crippen LogP contribution in [-0.4, -0.2) is 20.8 Å². The van der Waals surface area contributed by atoms with Crippen LogP contribution in [-0.2, 0) is 11.2 Å². The van der Waals surface area contributed by atoms with Crippen molar-refractivity contribution in [3.05, 3.63) is 70.5 Å². The van der Waals surface area contributed by atoms with Crippen LogP contribution in [0.1, 0.15) is 32.3 Å². The van der Waals surface area contributed by atoms with Gasteiger partial charge in [-0.15, -0.1) is 0 Å². The van der Waals surface area contributed by atoms with E-state index in [2.05, 4.69) is 32.8 Å². The molecule has 0 bridgehead atoms. The lowest BCUT2D eigenvalue weighted by Crippen LogP contribution is -2.06. The van der Waals surface area contributed by atoms with E-state index in [-0.39, 0.29) is 23.2 Å². The van der Waals surface area contributed by atoms with Gasteiger partial charge in [0.2, 0.25) is 17.5 Å². The molecule has 9 nitrogen and oxygen atoms in total. The summed E-state index contributed by atoms with van der Waals surface area (Å²) in [7, 11) is 0. The molecule has 9 heteroatoms. The maximum Gasteiger partial charge on any atom is 0.353 e. The molecule has 0 unspecified atom stereocenters. The number of hydrogen-bond acceptors (Lipinski definition) is 7. The maximum absolute atomic E-state index is 11.8. The predicted octanol–water partition coefficient (Wildman–Crippen LogP) is 5.17. The van der Waals surface area contributed by atoms with Gasteiger partial charge in [-0.3, -0.25) is 14.9 Å². The molecule has 0 saturated heterocycles. The van der Waals surface area contributed by atoms with Crippen LogP contribution < -0.4 is 16.0 Å². The maximum atomic E-state index is 11.8. The SMILES string of the molecule is CCCCc1ccc(Nc2ncnc(Nc3ccc(NC(C)=O)cc3)c2[N+](=O)[O-])cc1. The van der Waals surface area contributed by atoms with Crippen LogP contribution in [0.5, 0.6) is 0 Å². The van der Waals surface area contributed by atoms with Gasteiger partial charge < -0.3 is 16.0 Å². The number of carbonyl (C=O) groups is 1. The molecule has 0 fully saturated rings.